The average Bonchev–Trinajstić information content (AvgIpc) is 3.26. The lowest BCUT2D eigenvalue weighted by molar-refractivity contribution is 0.114. The van der Waals surface area contributed by atoms with Crippen LogP contribution >= 0.6 is 0 Å². The Balaban J connectivity index is 0.000000342. The molecular formula is C13H30O5Si. The second kappa shape index (κ2) is 11.8. The summed E-state index contributed by atoms with van der Waals surface area (Å²) in [6.07, 6.45) is 3.85. The molecule has 0 bridgehead atoms. The summed E-state index contributed by atoms with van der Waals surface area (Å²) in [5.41, 5.74) is 0. The van der Waals surface area contributed by atoms with Gasteiger partial charge in [0.1, 0.15) is 6.10 Å². The highest BCUT2D eigenvalue weighted by Crippen LogP contribution is 2.13. The van der Waals surface area contributed by atoms with Gasteiger partial charge in [0.15, 0.2) is 0 Å². The topological polar surface area (TPSA) is 49.5 Å². The molecule has 0 radical (unpaired) electrons. The lowest BCUT2D eigenvalue weighted by Gasteiger charge is -2.23. The van der Waals surface area contributed by atoms with Gasteiger partial charge in [0.05, 0.1) is 13.2 Å². The molecule has 1 fully saturated rings. The number of ether oxygens (including phenoxy) is 2. The van der Waals surface area contributed by atoms with Gasteiger partial charge in [-0.15, -0.1) is 0 Å². The molecule has 6 heteroatoms. The molecule has 1 unspecified atom stereocenters. The van der Waals surface area contributed by atoms with Crippen molar-refractivity contribution in [2.75, 3.05) is 41.2 Å². The maximum absolute atomic E-state index is 5.27. The lowest BCUT2D eigenvalue weighted by Crippen LogP contribution is -2.42. The van der Waals surface area contributed by atoms with E-state index in [9.17, 15) is 0 Å². The van der Waals surface area contributed by atoms with Crippen LogP contribution in [0.5, 0.6) is 0 Å². The van der Waals surface area contributed by atoms with Crippen LogP contribution in [-0.2, 0) is 22.8 Å². The highest BCUT2D eigenvalue weighted by atomic mass is 28.4. The van der Waals surface area contributed by atoms with E-state index >= 15 is 0 Å². The minimum absolute atomic E-state index is 0.432. The van der Waals surface area contributed by atoms with E-state index in [1.54, 1.807) is 21.3 Å². The Morgan fingerprint density at radius 1 is 1.05 bits per heavy atom. The first-order valence-electron chi connectivity index (χ1n) is 7.02. The standard InChI is InChI=1S/C7H14O2.C6H16O3Si/c1-2-3-4-8-5-7-6-9-7;1-5-6-10(7-2,8-3)9-4/h7H,2-6H2,1H3;5-6H2,1-4H3. The molecule has 0 aromatic carbocycles. The predicted octanol–water partition coefficient (Wildman–Crippen LogP) is 2.48. The number of rotatable bonds is 10. The molecule has 0 N–H and O–H groups in total. The summed E-state index contributed by atoms with van der Waals surface area (Å²) in [7, 11) is 2.68. The molecule has 1 rings (SSSR count). The van der Waals surface area contributed by atoms with E-state index < -0.39 is 8.80 Å². The van der Waals surface area contributed by atoms with Crippen molar-refractivity contribution in [3.8, 4) is 0 Å². The average molecular weight is 294 g/mol. The van der Waals surface area contributed by atoms with Gasteiger partial charge in [0.25, 0.3) is 0 Å². The van der Waals surface area contributed by atoms with E-state index in [0.717, 1.165) is 32.3 Å². The SMILES string of the molecule is CCCCOCC1CO1.CCC[Si](OC)(OC)OC. The minimum Gasteiger partial charge on any atom is -0.379 e. The first-order chi connectivity index (χ1) is 9.17. The molecule has 0 spiro atoms. The third-order valence-corrected chi connectivity index (χ3v) is 5.82. The second-order valence-corrected chi connectivity index (χ2v) is 7.52. The first kappa shape index (κ1) is 19.0. The third kappa shape index (κ3) is 9.54. The zero-order valence-electron chi connectivity index (χ0n) is 13.1. The van der Waals surface area contributed by atoms with Crippen LogP contribution in [-0.4, -0.2) is 56.1 Å². The van der Waals surface area contributed by atoms with Crippen molar-refractivity contribution >= 4 is 8.80 Å². The van der Waals surface area contributed by atoms with Crippen molar-refractivity contribution in [2.24, 2.45) is 0 Å². The van der Waals surface area contributed by atoms with Gasteiger partial charge in [-0.3, -0.25) is 0 Å². The van der Waals surface area contributed by atoms with Crippen LogP contribution in [0.15, 0.2) is 0 Å². The van der Waals surface area contributed by atoms with E-state index in [2.05, 4.69) is 13.8 Å². The highest BCUT2D eigenvalue weighted by molar-refractivity contribution is 6.60. The zero-order valence-corrected chi connectivity index (χ0v) is 14.1. The molecule has 5 nitrogen and oxygen atoms in total. The van der Waals surface area contributed by atoms with E-state index in [4.69, 9.17) is 22.8 Å². The van der Waals surface area contributed by atoms with Gasteiger partial charge in [0, 0.05) is 34.0 Å². The summed E-state index contributed by atoms with van der Waals surface area (Å²) in [5.74, 6) is 0. The summed E-state index contributed by atoms with van der Waals surface area (Å²) in [6, 6.07) is 0.885. The van der Waals surface area contributed by atoms with E-state index in [1.807, 2.05) is 0 Å². The van der Waals surface area contributed by atoms with Gasteiger partial charge < -0.3 is 22.8 Å². The van der Waals surface area contributed by atoms with E-state index in [1.165, 1.54) is 12.8 Å². The molecule has 1 aliphatic heterocycles. The van der Waals surface area contributed by atoms with Crippen molar-refractivity contribution in [2.45, 2.75) is 45.3 Å². The van der Waals surface area contributed by atoms with Gasteiger partial charge in [0.2, 0.25) is 0 Å². The van der Waals surface area contributed by atoms with Crippen molar-refractivity contribution in [3.63, 3.8) is 0 Å². The van der Waals surface area contributed by atoms with Crippen LogP contribution < -0.4 is 0 Å². The molecule has 0 amide bonds. The number of hydrogen-bond acceptors (Lipinski definition) is 5. The Hall–Kier alpha value is 0.0169. The van der Waals surface area contributed by atoms with Crippen molar-refractivity contribution < 1.29 is 22.8 Å². The molecule has 1 saturated heterocycles. The van der Waals surface area contributed by atoms with Gasteiger partial charge in [-0.1, -0.05) is 26.7 Å². The molecule has 0 aromatic heterocycles. The van der Waals surface area contributed by atoms with Crippen LogP contribution in [0.1, 0.15) is 33.1 Å². The molecular weight excluding hydrogens is 264 g/mol. The largest absolute Gasteiger partial charge is 0.500 e. The predicted molar refractivity (Wildman–Crippen MR) is 77.3 cm³/mol. The van der Waals surface area contributed by atoms with Crippen molar-refractivity contribution in [1.29, 1.82) is 0 Å². The minimum atomic E-state index is -2.22. The third-order valence-electron chi connectivity index (χ3n) is 2.84. The fraction of sp³-hybridized carbons (Fsp3) is 1.00. The summed E-state index contributed by atoms with van der Waals surface area (Å²) < 4.78 is 25.7. The molecule has 0 saturated carbocycles. The van der Waals surface area contributed by atoms with Crippen molar-refractivity contribution in [1.82, 2.24) is 0 Å². The van der Waals surface area contributed by atoms with Crippen LogP contribution in [0.3, 0.4) is 0 Å². The number of hydrogen-bond donors (Lipinski definition) is 0. The fourth-order valence-corrected chi connectivity index (χ4v) is 3.21. The van der Waals surface area contributed by atoms with Gasteiger partial charge in [-0.2, -0.15) is 0 Å². The first-order valence-corrected chi connectivity index (χ1v) is 8.95. The number of unbranched alkanes of at least 4 members (excludes halogenated alkanes) is 1. The molecule has 1 heterocycles. The summed E-state index contributed by atoms with van der Waals surface area (Å²) >= 11 is 0. The normalized spacial score (nSPS) is 17.8. The van der Waals surface area contributed by atoms with Gasteiger partial charge in [-0.25, -0.2) is 0 Å². The Labute approximate surface area is 118 Å². The zero-order chi connectivity index (χ0) is 14.6. The van der Waals surface area contributed by atoms with Gasteiger partial charge in [-0.05, 0) is 6.42 Å². The molecule has 116 valence electrons. The number of epoxide rings is 1. The van der Waals surface area contributed by atoms with Gasteiger partial charge >= 0.3 is 8.80 Å². The monoisotopic (exact) mass is 294 g/mol. The lowest BCUT2D eigenvalue weighted by atomic mass is 10.4. The van der Waals surface area contributed by atoms with E-state index in [-0.39, 0.29) is 0 Å². The Morgan fingerprint density at radius 2 is 1.63 bits per heavy atom. The smallest absolute Gasteiger partial charge is 0.379 e. The maximum atomic E-state index is 5.27. The molecule has 19 heavy (non-hydrogen) atoms. The second-order valence-electron chi connectivity index (χ2n) is 4.43. The summed E-state index contributed by atoms with van der Waals surface area (Å²) in [4.78, 5) is 0. The Kier molecular flexibility index (Phi) is 11.8. The molecule has 0 aromatic rings. The van der Waals surface area contributed by atoms with Crippen LogP contribution in [0.25, 0.3) is 0 Å². The summed E-state index contributed by atoms with van der Waals surface area (Å²) in [6.45, 7) is 6.86. The van der Waals surface area contributed by atoms with Crippen molar-refractivity contribution in [3.05, 3.63) is 0 Å². The van der Waals surface area contributed by atoms with Crippen LogP contribution in [0, 0.1) is 0 Å². The Morgan fingerprint density at radius 3 is 1.95 bits per heavy atom. The quantitative estimate of drug-likeness (QED) is 0.352. The maximum Gasteiger partial charge on any atom is 0.500 e. The fourth-order valence-electron chi connectivity index (χ4n) is 1.49. The molecule has 1 aliphatic rings. The van der Waals surface area contributed by atoms with Crippen LogP contribution in [0.4, 0.5) is 0 Å². The summed E-state index contributed by atoms with van der Waals surface area (Å²) in [5, 5.41) is 0. The van der Waals surface area contributed by atoms with E-state index in [0.29, 0.717) is 6.10 Å². The highest BCUT2D eigenvalue weighted by Gasteiger charge is 2.36. The molecule has 1 atom stereocenters. The molecule has 0 aliphatic carbocycles. The Bertz CT molecular complexity index is 187. The van der Waals surface area contributed by atoms with Crippen LogP contribution in [0.2, 0.25) is 6.04 Å².